The molecular formula is C34H25N3O5. The minimum atomic E-state index is -1.41. The minimum absolute atomic E-state index is 0.304. The third kappa shape index (κ3) is 3.65. The highest BCUT2D eigenvalue weighted by Gasteiger charge is 2.70. The molecule has 0 radical (unpaired) electrons. The summed E-state index contributed by atoms with van der Waals surface area (Å²) in [6, 6.07) is 23.1. The molecule has 1 N–H and O–H groups in total. The molecule has 1 saturated heterocycles. The molecule has 4 atom stereocenters. The SMILES string of the molecule is CC(=O)Oc1ccc(C(=O)[C@@H]2[C@@H](C(=O)c3cccnc3)[C@]3(C(=O)Nc4ccccc43)[C@H]3c4ccccc4C=CN23)cc1. The molecule has 4 aromatic rings. The maximum Gasteiger partial charge on any atom is 0.308 e. The Kier molecular flexibility index (Phi) is 5.86. The first kappa shape index (κ1) is 25.6. The van der Waals surface area contributed by atoms with E-state index in [9.17, 15) is 19.2 Å². The largest absolute Gasteiger partial charge is 0.427 e. The Hall–Kier alpha value is -5.37. The maximum atomic E-state index is 14.7. The summed E-state index contributed by atoms with van der Waals surface area (Å²) in [5, 5.41) is 3.04. The molecule has 1 spiro atoms. The lowest BCUT2D eigenvalue weighted by atomic mass is 9.62. The van der Waals surface area contributed by atoms with Gasteiger partial charge in [0.25, 0.3) is 0 Å². The van der Waals surface area contributed by atoms with Crippen LogP contribution in [-0.4, -0.2) is 39.4 Å². The van der Waals surface area contributed by atoms with Crippen LogP contribution in [0.4, 0.5) is 5.69 Å². The van der Waals surface area contributed by atoms with Crippen LogP contribution in [-0.2, 0) is 15.0 Å². The number of benzene rings is 3. The van der Waals surface area contributed by atoms with Crippen molar-refractivity contribution in [2.24, 2.45) is 5.92 Å². The Balaban J connectivity index is 1.48. The molecule has 3 aliphatic heterocycles. The van der Waals surface area contributed by atoms with Gasteiger partial charge in [0.05, 0.1) is 12.0 Å². The minimum Gasteiger partial charge on any atom is -0.427 e. The van der Waals surface area contributed by atoms with E-state index in [1.165, 1.54) is 13.1 Å². The average Bonchev–Trinajstić information content (AvgIpc) is 3.49. The van der Waals surface area contributed by atoms with E-state index < -0.39 is 29.4 Å². The second-order valence-electron chi connectivity index (χ2n) is 10.7. The fourth-order valence-electron chi connectivity index (χ4n) is 6.88. The summed E-state index contributed by atoms with van der Waals surface area (Å²) >= 11 is 0. The van der Waals surface area contributed by atoms with E-state index in [0.717, 1.165) is 11.1 Å². The Bertz CT molecular complexity index is 1800. The van der Waals surface area contributed by atoms with Gasteiger partial charge in [0.15, 0.2) is 11.6 Å². The molecule has 0 saturated carbocycles. The topological polar surface area (TPSA) is 106 Å². The third-order valence-electron chi connectivity index (χ3n) is 8.47. The Morgan fingerprint density at radius 2 is 1.64 bits per heavy atom. The summed E-state index contributed by atoms with van der Waals surface area (Å²) < 4.78 is 5.16. The quantitative estimate of drug-likeness (QED) is 0.210. The zero-order chi connectivity index (χ0) is 29.0. The standard InChI is InChI=1S/C34H25N3O5/c1-20(38)42-24-14-12-22(13-15-24)31(40)29-28(30(39)23-8-6-17-35-19-23)34(26-10-4-5-11-27(26)36-33(34)41)32-25-9-3-2-7-21(25)16-18-37(29)32/h2-19,28-29,32H,1H3,(H,36,41)/t28-,29-,32+,34-/m0/s1. The number of aromatic nitrogens is 1. The van der Waals surface area contributed by atoms with Crippen LogP contribution in [0.5, 0.6) is 5.75 Å². The van der Waals surface area contributed by atoms with E-state index in [-0.39, 0.29) is 17.5 Å². The van der Waals surface area contributed by atoms with Gasteiger partial charge in [-0.2, -0.15) is 0 Å². The first-order valence-corrected chi connectivity index (χ1v) is 13.6. The first-order valence-electron chi connectivity index (χ1n) is 13.6. The number of pyridine rings is 1. The van der Waals surface area contributed by atoms with Crippen molar-refractivity contribution < 1.29 is 23.9 Å². The molecule has 8 heteroatoms. The van der Waals surface area contributed by atoms with Crippen LogP contribution in [0.15, 0.2) is 104 Å². The number of carbonyl (C=O) groups is 4. The van der Waals surface area contributed by atoms with Crippen LogP contribution in [0.1, 0.15) is 50.4 Å². The molecule has 42 heavy (non-hydrogen) atoms. The molecular weight excluding hydrogens is 530 g/mol. The van der Waals surface area contributed by atoms with E-state index in [1.807, 2.05) is 65.7 Å². The first-order chi connectivity index (χ1) is 20.4. The van der Waals surface area contributed by atoms with Gasteiger partial charge < -0.3 is 15.0 Å². The fraction of sp³-hybridized carbons (Fsp3) is 0.147. The molecule has 1 fully saturated rings. The van der Waals surface area contributed by atoms with Crippen molar-refractivity contribution >= 4 is 35.2 Å². The lowest BCUT2D eigenvalue weighted by Gasteiger charge is -2.38. The Morgan fingerprint density at radius 1 is 0.881 bits per heavy atom. The zero-order valence-electron chi connectivity index (χ0n) is 22.6. The van der Waals surface area contributed by atoms with Crippen molar-refractivity contribution in [2.75, 3.05) is 5.32 Å². The molecule has 206 valence electrons. The molecule has 3 aliphatic rings. The van der Waals surface area contributed by atoms with E-state index >= 15 is 0 Å². The summed E-state index contributed by atoms with van der Waals surface area (Å²) in [5.41, 5.74) is 2.31. The smallest absolute Gasteiger partial charge is 0.308 e. The van der Waals surface area contributed by atoms with Crippen molar-refractivity contribution in [2.45, 2.75) is 24.4 Å². The number of hydrogen-bond acceptors (Lipinski definition) is 7. The van der Waals surface area contributed by atoms with Crippen molar-refractivity contribution in [3.05, 3.63) is 131 Å². The fourth-order valence-corrected chi connectivity index (χ4v) is 6.88. The summed E-state index contributed by atoms with van der Waals surface area (Å²) in [6.45, 7) is 1.30. The lowest BCUT2D eigenvalue weighted by molar-refractivity contribution is -0.131. The van der Waals surface area contributed by atoms with Crippen LogP contribution in [0.2, 0.25) is 0 Å². The van der Waals surface area contributed by atoms with Crippen molar-refractivity contribution in [3.8, 4) is 5.75 Å². The second kappa shape index (κ2) is 9.62. The molecule has 8 nitrogen and oxygen atoms in total. The highest BCUT2D eigenvalue weighted by Crippen LogP contribution is 2.62. The van der Waals surface area contributed by atoms with Gasteiger partial charge in [-0.25, -0.2) is 0 Å². The number of nitrogens with one attached hydrogen (secondary N) is 1. The number of fused-ring (bicyclic) bond motifs is 6. The number of rotatable bonds is 5. The van der Waals surface area contributed by atoms with Gasteiger partial charge in [0, 0.05) is 42.3 Å². The van der Waals surface area contributed by atoms with Crippen molar-refractivity contribution in [1.29, 1.82) is 0 Å². The van der Waals surface area contributed by atoms with Gasteiger partial charge in [-0.05, 0) is 65.2 Å². The summed E-state index contributed by atoms with van der Waals surface area (Å²) in [5.74, 6) is -2.25. The number of nitrogens with zero attached hydrogens (tertiary/aromatic N) is 2. The van der Waals surface area contributed by atoms with E-state index in [2.05, 4.69) is 10.3 Å². The third-order valence-corrected chi connectivity index (χ3v) is 8.47. The van der Waals surface area contributed by atoms with Crippen LogP contribution < -0.4 is 10.1 Å². The maximum absolute atomic E-state index is 14.7. The molecule has 4 heterocycles. The molecule has 0 bridgehead atoms. The van der Waals surface area contributed by atoms with Crippen LogP contribution in [0.25, 0.3) is 6.08 Å². The van der Waals surface area contributed by atoms with Gasteiger partial charge in [0.1, 0.15) is 17.2 Å². The normalized spacial score (nSPS) is 23.1. The Labute approximate surface area is 241 Å². The number of Topliss-reactive ketones (excluding diaryl/α,β-unsaturated/α-hetero) is 2. The predicted molar refractivity (Wildman–Crippen MR) is 155 cm³/mol. The zero-order valence-corrected chi connectivity index (χ0v) is 22.6. The lowest BCUT2D eigenvalue weighted by Crippen LogP contribution is -2.49. The summed E-state index contributed by atoms with van der Waals surface area (Å²) in [4.78, 5) is 61.1. The molecule has 1 amide bonds. The number of ketones is 2. The number of anilines is 1. The van der Waals surface area contributed by atoms with Crippen LogP contribution >= 0.6 is 0 Å². The molecule has 7 rings (SSSR count). The Morgan fingerprint density at radius 3 is 2.40 bits per heavy atom. The van der Waals surface area contributed by atoms with Crippen molar-refractivity contribution in [3.63, 3.8) is 0 Å². The number of amides is 1. The van der Waals surface area contributed by atoms with E-state index in [1.54, 1.807) is 42.6 Å². The number of carbonyl (C=O) groups excluding carboxylic acids is 4. The number of para-hydroxylation sites is 1. The monoisotopic (exact) mass is 555 g/mol. The van der Waals surface area contributed by atoms with Gasteiger partial charge in [-0.15, -0.1) is 0 Å². The molecule has 0 aliphatic carbocycles. The highest BCUT2D eigenvalue weighted by molar-refractivity contribution is 6.16. The number of ether oxygens (including phenoxy) is 1. The summed E-state index contributed by atoms with van der Waals surface area (Å²) in [6.07, 6.45) is 6.80. The van der Waals surface area contributed by atoms with Crippen LogP contribution in [0, 0.1) is 5.92 Å². The van der Waals surface area contributed by atoms with Crippen LogP contribution in [0.3, 0.4) is 0 Å². The summed E-state index contributed by atoms with van der Waals surface area (Å²) in [7, 11) is 0. The van der Waals surface area contributed by atoms with Crippen molar-refractivity contribution in [1.82, 2.24) is 9.88 Å². The van der Waals surface area contributed by atoms with Gasteiger partial charge in [0.2, 0.25) is 5.91 Å². The molecule has 1 aromatic heterocycles. The van der Waals surface area contributed by atoms with E-state index in [0.29, 0.717) is 28.1 Å². The highest BCUT2D eigenvalue weighted by atomic mass is 16.5. The number of hydrogen-bond donors (Lipinski definition) is 1. The predicted octanol–water partition coefficient (Wildman–Crippen LogP) is 4.99. The second-order valence-corrected chi connectivity index (χ2v) is 10.7. The average molecular weight is 556 g/mol. The number of esters is 1. The molecule has 3 aromatic carbocycles. The van der Waals surface area contributed by atoms with E-state index in [4.69, 9.17) is 4.74 Å². The molecule has 0 unspecified atom stereocenters. The van der Waals surface area contributed by atoms with Gasteiger partial charge in [-0.3, -0.25) is 24.2 Å². The van der Waals surface area contributed by atoms with Gasteiger partial charge >= 0.3 is 5.97 Å². The van der Waals surface area contributed by atoms with Gasteiger partial charge in [-0.1, -0.05) is 42.5 Å².